The predicted molar refractivity (Wildman–Crippen MR) is 83.6 cm³/mol. The summed E-state index contributed by atoms with van der Waals surface area (Å²) in [5.74, 6) is 1.31. The fraction of sp³-hybridized carbons (Fsp3) is 0.765. The molecule has 19 heavy (non-hydrogen) atoms. The first-order chi connectivity index (χ1) is 9.15. The van der Waals surface area contributed by atoms with Gasteiger partial charge in [0.15, 0.2) is 0 Å². The van der Waals surface area contributed by atoms with Crippen molar-refractivity contribution >= 4 is 8.32 Å². The van der Waals surface area contributed by atoms with Crippen LogP contribution in [-0.4, -0.2) is 8.32 Å². The molecule has 0 amide bonds. The molecule has 0 aromatic rings. The second-order valence-corrected chi connectivity index (χ2v) is 11.4. The Morgan fingerprint density at radius 1 is 1.00 bits per heavy atom. The van der Waals surface area contributed by atoms with Gasteiger partial charge in [-0.3, -0.25) is 0 Å². The summed E-state index contributed by atoms with van der Waals surface area (Å²) in [6, 6.07) is 0. The maximum atomic E-state index is 6.59. The first-order valence-electron chi connectivity index (χ1n) is 8.25. The van der Waals surface area contributed by atoms with Gasteiger partial charge in [-0.15, -0.1) is 0 Å². The Bertz CT molecular complexity index is 399. The van der Waals surface area contributed by atoms with Crippen molar-refractivity contribution in [1.29, 1.82) is 0 Å². The van der Waals surface area contributed by atoms with Crippen LogP contribution >= 0.6 is 0 Å². The van der Waals surface area contributed by atoms with Crippen LogP contribution in [0.5, 0.6) is 0 Å². The Hall–Kier alpha value is -0.503. The molecule has 0 radical (unpaired) electrons. The summed E-state index contributed by atoms with van der Waals surface area (Å²) in [5, 5.41) is 0. The highest BCUT2D eigenvalue weighted by molar-refractivity contribution is 6.73. The molecule has 0 bridgehead atoms. The normalized spacial score (nSPS) is 25.3. The van der Waals surface area contributed by atoms with Crippen LogP contribution in [0.2, 0.25) is 18.6 Å². The van der Waals surface area contributed by atoms with E-state index in [9.17, 15) is 0 Å². The van der Waals surface area contributed by atoms with Gasteiger partial charge in [-0.1, -0.05) is 24.8 Å². The second-order valence-electron chi connectivity index (χ2n) is 7.16. The lowest BCUT2D eigenvalue weighted by Crippen LogP contribution is -2.37. The smallest absolute Gasteiger partial charge is 0.247 e. The summed E-state index contributed by atoms with van der Waals surface area (Å²) in [6.45, 7) is 4.89. The van der Waals surface area contributed by atoms with E-state index in [1.807, 2.05) is 0 Å². The molecule has 0 saturated heterocycles. The molecule has 0 heterocycles. The van der Waals surface area contributed by atoms with E-state index in [0.29, 0.717) is 0 Å². The van der Waals surface area contributed by atoms with Crippen molar-refractivity contribution < 1.29 is 4.43 Å². The summed E-state index contributed by atoms with van der Waals surface area (Å²) in [6.07, 6.45) is 16.1. The fourth-order valence-electron chi connectivity index (χ4n) is 4.11. The topological polar surface area (TPSA) is 9.23 Å². The van der Waals surface area contributed by atoms with E-state index >= 15 is 0 Å². The first-order valence-corrected chi connectivity index (χ1v) is 11.2. The molecule has 0 N–H and O–H groups in total. The Morgan fingerprint density at radius 3 is 2.47 bits per heavy atom. The standard InChI is InChI=1S/C17H28OSi/c1-19(2,17-10-4-3-5-11-17)18-16-12-14-8-6-7-9-15(14)13-16/h12,17H,3-11,13H2,1-2H3. The van der Waals surface area contributed by atoms with E-state index in [0.717, 1.165) is 12.0 Å². The molecule has 0 aliphatic heterocycles. The van der Waals surface area contributed by atoms with E-state index in [4.69, 9.17) is 4.43 Å². The van der Waals surface area contributed by atoms with Gasteiger partial charge in [0.25, 0.3) is 0 Å². The van der Waals surface area contributed by atoms with E-state index in [2.05, 4.69) is 19.2 Å². The zero-order chi connectivity index (χ0) is 13.3. The first kappa shape index (κ1) is 13.5. The van der Waals surface area contributed by atoms with Crippen LogP contribution < -0.4 is 0 Å². The summed E-state index contributed by atoms with van der Waals surface area (Å²) in [5.41, 5.74) is 4.20. The van der Waals surface area contributed by atoms with Gasteiger partial charge in [-0.25, -0.2) is 0 Å². The fourth-order valence-corrected chi connectivity index (χ4v) is 6.88. The summed E-state index contributed by atoms with van der Waals surface area (Å²) in [4.78, 5) is 0. The van der Waals surface area contributed by atoms with Gasteiger partial charge < -0.3 is 4.43 Å². The van der Waals surface area contributed by atoms with Crippen LogP contribution in [-0.2, 0) is 4.43 Å². The largest absolute Gasteiger partial charge is 0.546 e. The van der Waals surface area contributed by atoms with Crippen molar-refractivity contribution in [2.24, 2.45) is 0 Å². The highest BCUT2D eigenvalue weighted by Gasteiger charge is 2.37. The third-order valence-corrected chi connectivity index (χ3v) is 8.67. The van der Waals surface area contributed by atoms with E-state index < -0.39 is 8.32 Å². The minimum Gasteiger partial charge on any atom is -0.546 e. The molecular formula is C17H28OSi. The number of hydrogen-bond acceptors (Lipinski definition) is 1. The Labute approximate surface area is 119 Å². The van der Waals surface area contributed by atoms with Gasteiger partial charge in [-0.2, -0.15) is 0 Å². The molecule has 1 nitrogen and oxygen atoms in total. The average molecular weight is 276 g/mol. The average Bonchev–Trinajstić information content (AvgIpc) is 2.81. The van der Waals surface area contributed by atoms with Crippen molar-refractivity contribution in [3.8, 4) is 0 Å². The lowest BCUT2D eigenvalue weighted by atomic mass is 9.94. The molecule has 0 atom stereocenters. The Kier molecular flexibility index (Phi) is 3.88. The van der Waals surface area contributed by atoms with Crippen LogP contribution in [0.1, 0.15) is 64.2 Å². The Balaban J connectivity index is 1.62. The lowest BCUT2D eigenvalue weighted by molar-refractivity contribution is 0.366. The third kappa shape index (κ3) is 2.99. The van der Waals surface area contributed by atoms with Crippen LogP contribution in [0.4, 0.5) is 0 Å². The van der Waals surface area contributed by atoms with Crippen LogP contribution in [0.3, 0.4) is 0 Å². The van der Waals surface area contributed by atoms with Gasteiger partial charge in [0.2, 0.25) is 8.32 Å². The molecule has 0 spiro atoms. The highest BCUT2D eigenvalue weighted by atomic mass is 28.4. The van der Waals surface area contributed by atoms with Gasteiger partial charge in [0, 0.05) is 6.42 Å². The van der Waals surface area contributed by atoms with Crippen molar-refractivity contribution in [3.63, 3.8) is 0 Å². The quantitative estimate of drug-likeness (QED) is 0.601. The zero-order valence-electron chi connectivity index (χ0n) is 12.6. The minimum atomic E-state index is -1.53. The van der Waals surface area contributed by atoms with E-state index in [1.54, 1.807) is 11.1 Å². The highest BCUT2D eigenvalue weighted by Crippen LogP contribution is 2.42. The predicted octanol–water partition coefficient (Wildman–Crippen LogP) is 5.70. The maximum Gasteiger partial charge on any atom is 0.247 e. The maximum absolute atomic E-state index is 6.59. The van der Waals surface area contributed by atoms with Crippen molar-refractivity contribution in [3.05, 3.63) is 23.0 Å². The molecule has 0 aromatic heterocycles. The van der Waals surface area contributed by atoms with Gasteiger partial charge in [0.1, 0.15) is 0 Å². The number of rotatable bonds is 3. The SMILES string of the molecule is C[Si](C)(OC1=CC2=C(CCCC2)C1)C1CCCCC1. The second kappa shape index (κ2) is 5.47. The number of hydrogen-bond donors (Lipinski definition) is 0. The van der Waals surface area contributed by atoms with E-state index in [-0.39, 0.29) is 0 Å². The third-order valence-electron chi connectivity index (χ3n) is 5.33. The monoisotopic (exact) mass is 276 g/mol. The van der Waals surface area contributed by atoms with Crippen molar-refractivity contribution in [2.75, 3.05) is 0 Å². The molecule has 1 saturated carbocycles. The van der Waals surface area contributed by atoms with E-state index in [1.165, 1.54) is 63.5 Å². The molecule has 3 aliphatic rings. The van der Waals surface area contributed by atoms with Gasteiger partial charge in [-0.05, 0) is 68.8 Å². The van der Waals surface area contributed by atoms with Crippen molar-refractivity contribution in [1.82, 2.24) is 0 Å². The molecule has 0 unspecified atom stereocenters. The minimum absolute atomic E-state index is 0.889. The Morgan fingerprint density at radius 2 is 1.74 bits per heavy atom. The van der Waals surface area contributed by atoms with Crippen LogP contribution in [0.15, 0.2) is 23.0 Å². The van der Waals surface area contributed by atoms with Crippen molar-refractivity contribution in [2.45, 2.75) is 82.8 Å². The summed E-state index contributed by atoms with van der Waals surface area (Å²) >= 11 is 0. The molecule has 3 rings (SSSR count). The number of allylic oxidation sites excluding steroid dienone is 3. The lowest BCUT2D eigenvalue weighted by Gasteiger charge is -2.35. The van der Waals surface area contributed by atoms with Crippen LogP contribution in [0, 0.1) is 0 Å². The molecule has 1 fully saturated rings. The van der Waals surface area contributed by atoms with Gasteiger partial charge in [0.05, 0.1) is 5.76 Å². The molecule has 2 heteroatoms. The zero-order valence-corrected chi connectivity index (χ0v) is 13.6. The molecule has 3 aliphatic carbocycles. The van der Waals surface area contributed by atoms with Crippen LogP contribution in [0.25, 0.3) is 0 Å². The molecular weight excluding hydrogens is 248 g/mol. The summed E-state index contributed by atoms with van der Waals surface area (Å²) < 4.78 is 6.59. The molecule has 0 aromatic carbocycles. The van der Waals surface area contributed by atoms with Gasteiger partial charge >= 0.3 is 0 Å². The summed E-state index contributed by atoms with van der Waals surface area (Å²) in [7, 11) is -1.53. The molecule has 106 valence electrons.